The van der Waals surface area contributed by atoms with Gasteiger partial charge in [-0.1, -0.05) is 0 Å². The highest BCUT2D eigenvalue weighted by Crippen LogP contribution is 2.32. The van der Waals surface area contributed by atoms with E-state index in [1.54, 1.807) is 24.4 Å². The van der Waals surface area contributed by atoms with Crippen molar-refractivity contribution in [1.82, 2.24) is 24.3 Å². The molecular formula is C22H21FN6O. The minimum atomic E-state index is -0.313. The molecule has 7 nitrogen and oxygen atoms in total. The van der Waals surface area contributed by atoms with Gasteiger partial charge in [0.25, 0.3) is 0 Å². The second kappa shape index (κ2) is 8.00. The van der Waals surface area contributed by atoms with Crippen LogP contribution in [0.15, 0.2) is 54.9 Å². The minimum Gasteiger partial charge on any atom is -0.305 e. The maximum atomic E-state index is 13.5. The fraction of sp³-hybridized carbons (Fsp3) is 0.182. The van der Waals surface area contributed by atoms with Crippen LogP contribution in [-0.2, 0) is 11.3 Å². The number of benzene rings is 1. The van der Waals surface area contributed by atoms with E-state index < -0.39 is 0 Å². The summed E-state index contributed by atoms with van der Waals surface area (Å²) in [5.41, 5.74) is 4.65. The van der Waals surface area contributed by atoms with Gasteiger partial charge in [-0.15, -0.1) is 0 Å². The van der Waals surface area contributed by atoms with E-state index in [4.69, 9.17) is 4.98 Å². The summed E-state index contributed by atoms with van der Waals surface area (Å²) in [6.45, 7) is 2.19. The third-order valence-electron chi connectivity index (χ3n) is 4.49. The first-order valence-corrected chi connectivity index (χ1v) is 9.43. The summed E-state index contributed by atoms with van der Waals surface area (Å²) >= 11 is 0. The zero-order chi connectivity index (χ0) is 21.3. The Balaban J connectivity index is 1.92. The van der Waals surface area contributed by atoms with Crippen molar-refractivity contribution >= 4 is 17.5 Å². The Morgan fingerprint density at radius 2 is 1.90 bits per heavy atom. The van der Waals surface area contributed by atoms with Crippen LogP contribution in [0.1, 0.15) is 12.5 Å². The lowest BCUT2D eigenvalue weighted by Crippen LogP contribution is -2.11. The molecule has 0 aliphatic rings. The van der Waals surface area contributed by atoms with Crippen molar-refractivity contribution in [2.24, 2.45) is 0 Å². The van der Waals surface area contributed by atoms with Crippen LogP contribution in [0.4, 0.5) is 10.3 Å². The molecule has 1 aromatic carbocycles. The number of pyridine rings is 1. The number of anilines is 1. The summed E-state index contributed by atoms with van der Waals surface area (Å²) < 4.78 is 15.4. The van der Waals surface area contributed by atoms with Crippen LogP contribution in [0.5, 0.6) is 0 Å². The van der Waals surface area contributed by atoms with Crippen molar-refractivity contribution in [1.29, 1.82) is 0 Å². The molecule has 4 aromatic rings. The van der Waals surface area contributed by atoms with E-state index in [1.807, 2.05) is 36.8 Å². The van der Waals surface area contributed by atoms with Crippen LogP contribution in [0.25, 0.3) is 28.3 Å². The lowest BCUT2D eigenvalue weighted by Gasteiger charge is -2.10. The average molecular weight is 404 g/mol. The molecule has 30 heavy (non-hydrogen) atoms. The molecule has 0 fully saturated rings. The molecule has 3 heterocycles. The molecule has 8 heteroatoms. The monoisotopic (exact) mass is 404 g/mol. The van der Waals surface area contributed by atoms with E-state index in [0.29, 0.717) is 11.4 Å². The van der Waals surface area contributed by atoms with Gasteiger partial charge < -0.3 is 4.90 Å². The van der Waals surface area contributed by atoms with E-state index in [1.165, 1.54) is 19.1 Å². The largest absolute Gasteiger partial charge is 0.305 e. The first-order chi connectivity index (χ1) is 14.4. The Labute approximate surface area is 173 Å². The molecular weight excluding hydrogens is 383 g/mol. The van der Waals surface area contributed by atoms with Gasteiger partial charge in [0.05, 0.1) is 17.1 Å². The number of nitrogens with zero attached hydrogens (tertiary/aromatic N) is 5. The first-order valence-electron chi connectivity index (χ1n) is 9.43. The number of carbonyl (C=O) groups excluding carboxylic acids is 1. The summed E-state index contributed by atoms with van der Waals surface area (Å²) in [5, 5.41) is 2.61. The van der Waals surface area contributed by atoms with E-state index >= 15 is 0 Å². The molecule has 152 valence electrons. The smallest absolute Gasteiger partial charge is 0.229 e. The van der Waals surface area contributed by atoms with E-state index in [2.05, 4.69) is 20.2 Å². The number of rotatable bonds is 5. The molecule has 0 saturated carbocycles. The van der Waals surface area contributed by atoms with Gasteiger partial charge in [-0.25, -0.2) is 19.3 Å². The number of amides is 1. The molecule has 0 saturated heterocycles. The quantitative estimate of drug-likeness (QED) is 0.550. The van der Waals surface area contributed by atoms with E-state index in [0.717, 1.165) is 29.0 Å². The van der Waals surface area contributed by atoms with Crippen LogP contribution in [0, 0.1) is 5.82 Å². The Kier molecular flexibility index (Phi) is 5.24. The molecule has 0 unspecified atom stereocenters. The van der Waals surface area contributed by atoms with Gasteiger partial charge in [0.15, 0.2) is 0 Å². The third-order valence-corrected chi connectivity index (χ3v) is 4.49. The van der Waals surface area contributed by atoms with Gasteiger partial charge in [-0.2, -0.15) is 0 Å². The topological polar surface area (TPSA) is 75.4 Å². The SMILES string of the molecule is CC(=O)Nc1nccc(-c2c(-c3ccc(F)cc3)nc3cc(CN(C)C)ccn23)n1. The van der Waals surface area contributed by atoms with Gasteiger partial charge in [0.1, 0.15) is 11.5 Å². The fourth-order valence-electron chi connectivity index (χ4n) is 3.31. The third kappa shape index (κ3) is 4.04. The summed E-state index contributed by atoms with van der Waals surface area (Å²) in [7, 11) is 4.02. The van der Waals surface area contributed by atoms with Crippen LogP contribution >= 0.6 is 0 Å². The molecule has 0 radical (unpaired) electrons. The number of hydrogen-bond acceptors (Lipinski definition) is 5. The number of imidazole rings is 1. The van der Waals surface area contributed by atoms with Crippen LogP contribution < -0.4 is 5.32 Å². The molecule has 0 atom stereocenters. The maximum Gasteiger partial charge on any atom is 0.229 e. The van der Waals surface area contributed by atoms with Crippen molar-refractivity contribution in [3.8, 4) is 22.6 Å². The second-order valence-electron chi connectivity index (χ2n) is 7.26. The van der Waals surface area contributed by atoms with E-state index in [-0.39, 0.29) is 17.7 Å². The number of fused-ring (bicyclic) bond motifs is 1. The number of carbonyl (C=O) groups is 1. The molecule has 3 aromatic heterocycles. The Morgan fingerprint density at radius 3 is 2.60 bits per heavy atom. The molecule has 1 N–H and O–H groups in total. The molecule has 0 spiro atoms. The molecule has 1 amide bonds. The van der Waals surface area contributed by atoms with E-state index in [9.17, 15) is 9.18 Å². The predicted octanol–water partition coefficient (Wildman–Crippen LogP) is 3.62. The summed E-state index contributed by atoms with van der Waals surface area (Å²) in [4.78, 5) is 26.9. The first kappa shape index (κ1) is 19.7. The van der Waals surface area contributed by atoms with Crippen molar-refractivity contribution in [2.75, 3.05) is 19.4 Å². The van der Waals surface area contributed by atoms with Crippen molar-refractivity contribution in [3.63, 3.8) is 0 Å². The van der Waals surface area contributed by atoms with Gasteiger partial charge >= 0.3 is 0 Å². The Morgan fingerprint density at radius 1 is 1.13 bits per heavy atom. The van der Waals surface area contributed by atoms with Crippen molar-refractivity contribution in [2.45, 2.75) is 13.5 Å². The maximum absolute atomic E-state index is 13.5. The second-order valence-corrected chi connectivity index (χ2v) is 7.26. The highest BCUT2D eigenvalue weighted by Gasteiger charge is 2.18. The summed E-state index contributed by atoms with van der Waals surface area (Å²) in [6, 6.07) is 12.0. The number of aromatic nitrogens is 4. The van der Waals surface area contributed by atoms with Crippen molar-refractivity contribution < 1.29 is 9.18 Å². The number of hydrogen-bond donors (Lipinski definition) is 1. The van der Waals surface area contributed by atoms with Crippen LogP contribution in [-0.4, -0.2) is 44.3 Å². The predicted molar refractivity (Wildman–Crippen MR) is 113 cm³/mol. The summed E-state index contributed by atoms with van der Waals surface area (Å²) in [5.74, 6) is -0.353. The number of nitrogens with one attached hydrogen (secondary N) is 1. The van der Waals surface area contributed by atoms with Gasteiger partial charge in [-0.05, 0) is 62.1 Å². The lowest BCUT2D eigenvalue weighted by molar-refractivity contribution is -0.114. The van der Waals surface area contributed by atoms with Crippen LogP contribution in [0.3, 0.4) is 0 Å². The van der Waals surface area contributed by atoms with Gasteiger partial charge in [-0.3, -0.25) is 14.5 Å². The zero-order valence-electron chi connectivity index (χ0n) is 16.9. The Bertz CT molecular complexity index is 1220. The fourth-order valence-corrected chi connectivity index (χ4v) is 3.31. The molecule has 0 aliphatic carbocycles. The normalized spacial score (nSPS) is 11.2. The average Bonchev–Trinajstić information content (AvgIpc) is 3.06. The zero-order valence-corrected chi connectivity index (χ0v) is 16.9. The van der Waals surface area contributed by atoms with Crippen molar-refractivity contribution in [3.05, 3.63) is 66.2 Å². The molecule has 4 rings (SSSR count). The standard InChI is InChI=1S/C22H21FN6O/c1-14(30)25-22-24-10-8-18(26-22)21-20(16-4-6-17(23)7-5-16)27-19-12-15(13-28(2)3)9-11-29(19)21/h4-12H,13H2,1-3H3,(H,24,25,26,30). The van der Waals surface area contributed by atoms with Gasteiger partial charge in [0.2, 0.25) is 11.9 Å². The molecule has 0 bridgehead atoms. The van der Waals surface area contributed by atoms with Gasteiger partial charge in [0, 0.05) is 31.4 Å². The highest BCUT2D eigenvalue weighted by atomic mass is 19.1. The minimum absolute atomic E-state index is 0.212. The summed E-state index contributed by atoms with van der Waals surface area (Å²) in [6.07, 6.45) is 3.53. The highest BCUT2D eigenvalue weighted by molar-refractivity contribution is 5.87. The lowest BCUT2D eigenvalue weighted by atomic mass is 10.1. The molecule has 0 aliphatic heterocycles. The Hall–Kier alpha value is -3.65. The van der Waals surface area contributed by atoms with Crippen LogP contribution in [0.2, 0.25) is 0 Å². The number of halogens is 1.